The Bertz CT molecular complexity index is 2650. The number of aromatic nitrogens is 1. The van der Waals surface area contributed by atoms with E-state index in [1.54, 1.807) is 59.7 Å². The highest BCUT2D eigenvalue weighted by molar-refractivity contribution is 7.92. The van der Waals surface area contributed by atoms with Crippen molar-refractivity contribution in [2.75, 3.05) is 36.3 Å². The maximum atomic E-state index is 15.5. The molecular weight excluding hydrogens is 918 g/mol. The van der Waals surface area contributed by atoms with Crippen LogP contribution in [0, 0.1) is 5.82 Å². The number of imide groups is 1. The van der Waals surface area contributed by atoms with Crippen molar-refractivity contribution in [1.29, 1.82) is 0 Å². The van der Waals surface area contributed by atoms with Gasteiger partial charge in [0.15, 0.2) is 21.7 Å². The number of aliphatic carboxylic acids is 1. The highest BCUT2D eigenvalue weighted by Gasteiger charge is 2.39. The summed E-state index contributed by atoms with van der Waals surface area (Å²) >= 11 is 0. The molecule has 0 saturated heterocycles. The molecule has 1 aromatic heterocycles. The molecule has 4 amide bonds. The summed E-state index contributed by atoms with van der Waals surface area (Å²) in [7, 11) is -2.20. The van der Waals surface area contributed by atoms with Gasteiger partial charge >= 0.3 is 24.2 Å². The van der Waals surface area contributed by atoms with Crippen LogP contribution >= 0.6 is 0 Å². The molecule has 1 atom stereocenters. The van der Waals surface area contributed by atoms with Crippen LogP contribution in [-0.2, 0) is 46.6 Å². The fourth-order valence-corrected chi connectivity index (χ4v) is 9.44. The summed E-state index contributed by atoms with van der Waals surface area (Å²) in [5.41, 5.74) is -0.441. The number of carbonyl (C=O) groups is 5. The van der Waals surface area contributed by atoms with E-state index in [0.29, 0.717) is 40.3 Å². The summed E-state index contributed by atoms with van der Waals surface area (Å²) in [4.78, 5) is 72.0. The average Bonchev–Trinajstić information content (AvgIpc) is 4.08. The average molecular weight is 980 g/mol. The van der Waals surface area contributed by atoms with E-state index in [2.05, 4.69) is 35.3 Å². The highest BCUT2D eigenvalue weighted by Crippen LogP contribution is 2.37. The lowest BCUT2D eigenvalue weighted by Gasteiger charge is -2.28. The minimum atomic E-state index is -3.67. The number of pyridine rings is 1. The molecule has 4 aromatic rings. The number of anilines is 3. The van der Waals surface area contributed by atoms with Crippen molar-refractivity contribution in [3.8, 4) is 5.75 Å². The molecule has 1 fully saturated rings. The summed E-state index contributed by atoms with van der Waals surface area (Å²) in [6.07, 6.45) is -0.825. The fraction of sp³-hybridized carbons (Fsp3) is 0.458. The third-order valence-corrected chi connectivity index (χ3v) is 14.4. The summed E-state index contributed by atoms with van der Waals surface area (Å²) in [6, 6.07) is 12.7. The van der Waals surface area contributed by atoms with Crippen molar-refractivity contribution < 1.29 is 60.8 Å². The first-order valence-corrected chi connectivity index (χ1v) is 27.4. The predicted molar refractivity (Wildman–Crippen MR) is 258 cm³/mol. The highest BCUT2D eigenvalue weighted by atomic mass is 32.2. The van der Waals surface area contributed by atoms with E-state index in [0.717, 1.165) is 12.2 Å². The number of carbonyl (C=O) groups excluding carboxylic acids is 4. The number of nitrogens with one attached hydrogen (secondary N) is 2. The zero-order valence-electron chi connectivity index (χ0n) is 40.4. The standard InChI is InChI=1S/C48H62FN5O12SSi/c1-47(2,3)65-45(59)54(46(60)66-48(4,5)6)42-36-17-13-33(26-37(36)38(49)27-50-42)52-41(43(56)57)30-22-29(23-34(25-30)63-8)12-19-40(55)51-32-14-18-39(67(61,62)35-15-16-35)31(24-32)28-53(7)44(58)64-20-21-68(9,10)11/h13-14,17-18,22-27,35,41,52H,12,15-16,19-21,28H2,1-11H3,(H,51,55)(H,56,57). The van der Waals surface area contributed by atoms with Gasteiger partial charge in [0.2, 0.25) is 5.91 Å². The first kappa shape index (κ1) is 52.7. The number of halogens is 1. The molecule has 0 bridgehead atoms. The number of sulfone groups is 1. The fourth-order valence-electron chi connectivity index (χ4n) is 6.87. The number of carboxylic acids is 1. The van der Waals surface area contributed by atoms with E-state index in [1.807, 2.05) is 0 Å². The third kappa shape index (κ3) is 14.4. The Morgan fingerprint density at radius 2 is 1.51 bits per heavy atom. The van der Waals surface area contributed by atoms with Crippen LogP contribution in [-0.4, -0.2) is 98.9 Å². The van der Waals surface area contributed by atoms with Crippen LogP contribution < -0.4 is 20.3 Å². The van der Waals surface area contributed by atoms with Gasteiger partial charge in [0.05, 0.1) is 36.6 Å². The van der Waals surface area contributed by atoms with Crippen molar-refractivity contribution in [3.05, 3.63) is 83.3 Å². The maximum absolute atomic E-state index is 15.5. The largest absolute Gasteiger partial charge is 0.497 e. The number of hydrogen-bond donors (Lipinski definition) is 3. The van der Waals surface area contributed by atoms with Gasteiger partial charge in [-0.15, -0.1) is 0 Å². The zero-order valence-corrected chi connectivity index (χ0v) is 42.3. The van der Waals surface area contributed by atoms with Crippen LogP contribution in [0.3, 0.4) is 0 Å². The summed E-state index contributed by atoms with van der Waals surface area (Å²) in [6.45, 7) is 16.3. The van der Waals surface area contributed by atoms with Crippen molar-refractivity contribution >= 4 is 76.0 Å². The Balaban J connectivity index is 1.36. The Kier molecular flexibility index (Phi) is 16.2. The minimum Gasteiger partial charge on any atom is -0.497 e. The quantitative estimate of drug-likeness (QED) is 0.0663. The molecule has 20 heteroatoms. The maximum Gasteiger partial charge on any atom is 0.425 e. The number of hydrogen-bond acceptors (Lipinski definition) is 13. The smallest absolute Gasteiger partial charge is 0.425 e. The van der Waals surface area contributed by atoms with Gasteiger partial charge in [-0.1, -0.05) is 25.7 Å². The lowest BCUT2D eigenvalue weighted by Crippen LogP contribution is -2.44. The number of nitrogens with zero attached hydrogens (tertiary/aromatic N) is 3. The summed E-state index contributed by atoms with van der Waals surface area (Å²) < 4.78 is 64.3. The SMILES string of the molecule is COc1cc(CCC(=O)Nc2ccc(S(=O)(=O)C3CC3)c(CN(C)C(=O)OCC[Si](C)(C)C)c2)cc(C(Nc2ccc3c(N(C(=O)OC(C)(C)C)C(=O)OC(C)(C)C)ncc(F)c3c2)C(=O)O)c1. The second-order valence-electron chi connectivity index (χ2n) is 19.9. The van der Waals surface area contributed by atoms with Gasteiger partial charge in [-0.05, 0) is 132 Å². The Morgan fingerprint density at radius 3 is 2.09 bits per heavy atom. The third-order valence-electron chi connectivity index (χ3n) is 10.3. The van der Waals surface area contributed by atoms with Gasteiger partial charge in [-0.3, -0.25) is 4.79 Å². The number of rotatable bonds is 17. The number of ether oxygens (including phenoxy) is 4. The molecule has 1 saturated carbocycles. The predicted octanol–water partition coefficient (Wildman–Crippen LogP) is 9.71. The molecule has 17 nitrogen and oxygen atoms in total. The number of carboxylic acid groups (broad SMARTS) is 1. The normalized spacial score (nSPS) is 13.5. The van der Waals surface area contributed by atoms with Gasteiger partial charge in [-0.25, -0.2) is 37.0 Å². The van der Waals surface area contributed by atoms with Gasteiger partial charge in [0.25, 0.3) is 0 Å². The van der Waals surface area contributed by atoms with Crippen LogP contribution in [0.4, 0.5) is 36.0 Å². The van der Waals surface area contributed by atoms with Crippen LogP contribution in [0.1, 0.15) is 83.5 Å². The molecule has 5 rings (SSSR count). The van der Waals surface area contributed by atoms with Gasteiger partial charge in [-0.2, -0.15) is 4.90 Å². The first-order chi connectivity index (χ1) is 31.5. The summed E-state index contributed by atoms with van der Waals surface area (Å²) in [5, 5.41) is 15.6. The second kappa shape index (κ2) is 20.9. The lowest BCUT2D eigenvalue weighted by molar-refractivity contribution is -0.138. The van der Waals surface area contributed by atoms with E-state index in [1.165, 1.54) is 55.5 Å². The molecule has 1 heterocycles. The molecule has 0 spiro atoms. The van der Waals surface area contributed by atoms with Crippen LogP contribution in [0.15, 0.2) is 65.7 Å². The Labute approximate surface area is 397 Å². The molecule has 368 valence electrons. The monoisotopic (exact) mass is 979 g/mol. The van der Waals surface area contributed by atoms with Crippen molar-refractivity contribution in [2.24, 2.45) is 0 Å². The number of benzene rings is 3. The molecule has 1 unspecified atom stereocenters. The van der Waals surface area contributed by atoms with E-state index in [4.69, 9.17) is 18.9 Å². The molecule has 1 aliphatic rings. The summed E-state index contributed by atoms with van der Waals surface area (Å²) in [5.74, 6) is -2.52. The number of methoxy groups -OCH3 is 1. The van der Waals surface area contributed by atoms with E-state index < -0.39 is 76.4 Å². The topological polar surface area (TPSA) is 220 Å². The van der Waals surface area contributed by atoms with Gasteiger partial charge in [0.1, 0.15) is 22.8 Å². The lowest BCUT2D eigenvalue weighted by atomic mass is 10.00. The van der Waals surface area contributed by atoms with Crippen LogP contribution in [0.2, 0.25) is 25.7 Å². The molecule has 3 N–H and O–H groups in total. The minimum absolute atomic E-state index is 0.0248. The van der Waals surface area contributed by atoms with Crippen LogP contribution in [0.5, 0.6) is 5.75 Å². The van der Waals surface area contributed by atoms with Crippen molar-refractivity contribution in [3.63, 3.8) is 0 Å². The Hall–Kier alpha value is -6.28. The first-order valence-electron chi connectivity index (χ1n) is 22.1. The van der Waals surface area contributed by atoms with E-state index in [-0.39, 0.29) is 58.7 Å². The van der Waals surface area contributed by atoms with Crippen LogP contribution in [0.25, 0.3) is 10.8 Å². The van der Waals surface area contributed by atoms with Gasteiger partial charge in [0, 0.05) is 43.7 Å². The second-order valence-corrected chi connectivity index (χ2v) is 27.7. The molecular formula is C48H62FN5O12SSi. The molecule has 68 heavy (non-hydrogen) atoms. The number of aryl methyl sites for hydroxylation is 1. The number of fused-ring (bicyclic) bond motifs is 1. The van der Waals surface area contributed by atoms with Gasteiger partial charge < -0.3 is 39.6 Å². The zero-order chi connectivity index (χ0) is 50.5. The van der Waals surface area contributed by atoms with E-state index in [9.17, 15) is 37.5 Å². The van der Waals surface area contributed by atoms with Crippen molar-refractivity contribution in [2.45, 2.75) is 127 Å². The van der Waals surface area contributed by atoms with E-state index >= 15 is 4.39 Å². The van der Waals surface area contributed by atoms with Crippen molar-refractivity contribution in [1.82, 2.24) is 9.88 Å². The molecule has 3 aromatic carbocycles. The Morgan fingerprint density at radius 1 is 0.882 bits per heavy atom. The molecule has 1 aliphatic carbocycles. The molecule has 0 aliphatic heterocycles. The molecule has 0 radical (unpaired) electrons. The number of amides is 4.